The smallest absolute Gasteiger partial charge is 0.235 e. The van der Waals surface area contributed by atoms with Crippen LogP contribution in [0.5, 0.6) is 5.75 Å². The number of aryl methyl sites for hydroxylation is 1. The minimum absolute atomic E-state index is 0.444. The molecular weight excluding hydrogens is 306 g/mol. The molecule has 4 heteroatoms. The molecule has 0 bridgehead atoms. The van der Waals surface area contributed by atoms with E-state index in [4.69, 9.17) is 4.74 Å². The zero-order valence-corrected chi connectivity index (χ0v) is 12.9. The zero-order valence-electron chi connectivity index (χ0n) is 11.3. The zero-order chi connectivity index (χ0) is 13.9. The summed E-state index contributed by atoms with van der Waals surface area (Å²) in [6, 6.07) is 4.10. The molecule has 0 unspecified atom stereocenters. The number of carbonyl (C=O) groups excluding carboxylic acids is 1. The second kappa shape index (κ2) is 5.89. The standard InChI is InChI=1S/C15H18BrNO2/c1-3-11-8-12(16)9-13(14(11)19-2)15(17-10-18)6-4-5-7-15/h8-9H,3-7H2,1-2H3. The molecule has 0 heterocycles. The van der Waals surface area contributed by atoms with Crippen LogP contribution in [0.3, 0.4) is 0 Å². The highest BCUT2D eigenvalue weighted by Crippen LogP contribution is 2.47. The maximum atomic E-state index is 10.8. The van der Waals surface area contributed by atoms with Gasteiger partial charge in [-0.05, 0) is 37.0 Å². The lowest BCUT2D eigenvalue weighted by Gasteiger charge is -2.26. The van der Waals surface area contributed by atoms with Crippen LogP contribution >= 0.6 is 15.9 Å². The van der Waals surface area contributed by atoms with Crippen LogP contribution in [0.25, 0.3) is 0 Å². The van der Waals surface area contributed by atoms with Crippen LogP contribution in [-0.2, 0) is 16.8 Å². The fourth-order valence-corrected chi connectivity index (χ4v) is 3.49. The number of ether oxygens (including phenoxy) is 1. The average Bonchev–Trinajstić information content (AvgIpc) is 2.87. The molecule has 1 aromatic rings. The maximum absolute atomic E-state index is 10.8. The van der Waals surface area contributed by atoms with E-state index in [1.54, 1.807) is 13.2 Å². The number of nitrogens with zero attached hydrogens (tertiary/aromatic N) is 1. The summed E-state index contributed by atoms with van der Waals surface area (Å²) in [7, 11) is 1.68. The van der Waals surface area contributed by atoms with Gasteiger partial charge in [0.1, 0.15) is 11.3 Å². The summed E-state index contributed by atoms with van der Waals surface area (Å²) in [6.07, 6.45) is 6.59. The molecule has 1 aromatic carbocycles. The number of isocyanates is 1. The summed E-state index contributed by atoms with van der Waals surface area (Å²) in [5.74, 6) is 0.867. The molecule has 0 N–H and O–H groups in total. The Morgan fingerprint density at radius 1 is 1.42 bits per heavy atom. The van der Waals surface area contributed by atoms with Gasteiger partial charge in [-0.1, -0.05) is 35.7 Å². The first-order chi connectivity index (χ1) is 9.16. The third-order valence-electron chi connectivity index (χ3n) is 3.91. The molecule has 0 radical (unpaired) electrons. The predicted octanol–water partition coefficient (Wildman–Crippen LogP) is 4.13. The van der Waals surface area contributed by atoms with Gasteiger partial charge in [0.2, 0.25) is 6.08 Å². The van der Waals surface area contributed by atoms with Gasteiger partial charge in [-0.25, -0.2) is 4.79 Å². The predicted molar refractivity (Wildman–Crippen MR) is 78.3 cm³/mol. The lowest BCUT2D eigenvalue weighted by Crippen LogP contribution is -2.20. The van der Waals surface area contributed by atoms with Crippen molar-refractivity contribution in [1.82, 2.24) is 0 Å². The van der Waals surface area contributed by atoms with Crippen molar-refractivity contribution in [2.75, 3.05) is 7.11 Å². The van der Waals surface area contributed by atoms with E-state index in [2.05, 4.69) is 33.9 Å². The van der Waals surface area contributed by atoms with E-state index in [-0.39, 0.29) is 0 Å². The van der Waals surface area contributed by atoms with Crippen LogP contribution < -0.4 is 4.74 Å². The minimum atomic E-state index is -0.444. The van der Waals surface area contributed by atoms with E-state index in [0.717, 1.165) is 53.5 Å². The third-order valence-corrected chi connectivity index (χ3v) is 4.37. The molecule has 3 nitrogen and oxygen atoms in total. The number of rotatable bonds is 4. The highest BCUT2D eigenvalue weighted by Gasteiger charge is 2.38. The largest absolute Gasteiger partial charge is 0.496 e. The van der Waals surface area contributed by atoms with Gasteiger partial charge in [-0.2, -0.15) is 4.99 Å². The van der Waals surface area contributed by atoms with Crippen molar-refractivity contribution in [3.05, 3.63) is 27.7 Å². The summed E-state index contributed by atoms with van der Waals surface area (Å²) in [4.78, 5) is 15.0. The average molecular weight is 324 g/mol. The number of halogens is 1. The minimum Gasteiger partial charge on any atom is -0.496 e. The molecule has 0 aromatic heterocycles. The van der Waals surface area contributed by atoms with Gasteiger partial charge >= 0.3 is 0 Å². The van der Waals surface area contributed by atoms with Gasteiger partial charge in [0.25, 0.3) is 0 Å². The Morgan fingerprint density at radius 2 is 2.11 bits per heavy atom. The molecule has 1 aliphatic rings. The molecular formula is C15H18BrNO2. The van der Waals surface area contributed by atoms with E-state index >= 15 is 0 Å². The Morgan fingerprint density at radius 3 is 2.63 bits per heavy atom. The highest BCUT2D eigenvalue weighted by molar-refractivity contribution is 9.10. The summed E-state index contributed by atoms with van der Waals surface area (Å²) in [5.41, 5.74) is 1.71. The lowest BCUT2D eigenvalue weighted by atomic mass is 9.86. The number of hydrogen-bond acceptors (Lipinski definition) is 3. The fourth-order valence-electron chi connectivity index (χ4n) is 2.99. The van der Waals surface area contributed by atoms with Crippen LogP contribution in [0.2, 0.25) is 0 Å². The third kappa shape index (κ3) is 2.60. The van der Waals surface area contributed by atoms with Gasteiger partial charge in [0, 0.05) is 10.0 Å². The van der Waals surface area contributed by atoms with Crippen molar-refractivity contribution in [2.45, 2.75) is 44.6 Å². The van der Waals surface area contributed by atoms with Crippen molar-refractivity contribution in [3.63, 3.8) is 0 Å². The van der Waals surface area contributed by atoms with Gasteiger partial charge < -0.3 is 4.74 Å². The molecule has 102 valence electrons. The van der Waals surface area contributed by atoms with Crippen molar-refractivity contribution < 1.29 is 9.53 Å². The number of benzene rings is 1. The molecule has 19 heavy (non-hydrogen) atoms. The van der Waals surface area contributed by atoms with E-state index in [1.165, 1.54) is 0 Å². The first-order valence-corrected chi connectivity index (χ1v) is 7.42. The Balaban J connectivity index is 2.65. The molecule has 0 spiro atoms. The number of methoxy groups -OCH3 is 1. The topological polar surface area (TPSA) is 38.7 Å². The van der Waals surface area contributed by atoms with E-state index < -0.39 is 5.54 Å². The summed E-state index contributed by atoms with van der Waals surface area (Å²) >= 11 is 3.54. The monoisotopic (exact) mass is 323 g/mol. The van der Waals surface area contributed by atoms with Gasteiger partial charge in [-0.15, -0.1) is 0 Å². The van der Waals surface area contributed by atoms with Crippen molar-refractivity contribution in [2.24, 2.45) is 4.99 Å². The summed E-state index contributed by atoms with van der Waals surface area (Å²) < 4.78 is 6.60. The Kier molecular flexibility index (Phi) is 4.43. The van der Waals surface area contributed by atoms with Crippen molar-refractivity contribution in [3.8, 4) is 5.75 Å². The van der Waals surface area contributed by atoms with E-state index in [0.29, 0.717) is 0 Å². The first-order valence-electron chi connectivity index (χ1n) is 6.63. The summed E-state index contributed by atoms with van der Waals surface area (Å²) in [5, 5.41) is 0. The Hall–Kier alpha value is -1.12. The molecule has 0 saturated heterocycles. The SMILES string of the molecule is CCc1cc(Br)cc(C2(N=C=O)CCCC2)c1OC. The number of aliphatic imine (C=N–C) groups is 1. The van der Waals surface area contributed by atoms with Crippen LogP contribution in [0.4, 0.5) is 0 Å². The van der Waals surface area contributed by atoms with E-state index in [1.807, 2.05) is 6.07 Å². The second-order valence-electron chi connectivity index (χ2n) is 4.94. The van der Waals surface area contributed by atoms with Gasteiger partial charge in [-0.3, -0.25) is 0 Å². The van der Waals surface area contributed by atoms with Crippen LogP contribution in [0.15, 0.2) is 21.6 Å². The second-order valence-corrected chi connectivity index (χ2v) is 5.86. The number of hydrogen-bond donors (Lipinski definition) is 0. The summed E-state index contributed by atoms with van der Waals surface area (Å²) in [6.45, 7) is 2.10. The highest BCUT2D eigenvalue weighted by atomic mass is 79.9. The molecule has 1 fully saturated rings. The normalized spacial score (nSPS) is 17.0. The fraction of sp³-hybridized carbons (Fsp3) is 0.533. The maximum Gasteiger partial charge on any atom is 0.235 e. The molecule has 0 amide bonds. The lowest BCUT2D eigenvalue weighted by molar-refractivity contribution is 0.375. The quantitative estimate of drug-likeness (QED) is 0.617. The Bertz CT molecular complexity index is 515. The molecule has 1 saturated carbocycles. The van der Waals surface area contributed by atoms with Gasteiger partial charge in [0.05, 0.1) is 7.11 Å². The van der Waals surface area contributed by atoms with Crippen LogP contribution in [0.1, 0.15) is 43.7 Å². The van der Waals surface area contributed by atoms with Crippen LogP contribution in [0, 0.1) is 0 Å². The van der Waals surface area contributed by atoms with E-state index in [9.17, 15) is 4.79 Å². The Labute approximate surface area is 122 Å². The van der Waals surface area contributed by atoms with Crippen molar-refractivity contribution >= 4 is 22.0 Å². The van der Waals surface area contributed by atoms with Crippen LogP contribution in [-0.4, -0.2) is 13.2 Å². The molecule has 0 atom stereocenters. The first kappa shape index (κ1) is 14.3. The molecule has 1 aliphatic carbocycles. The van der Waals surface area contributed by atoms with Crippen molar-refractivity contribution in [1.29, 1.82) is 0 Å². The van der Waals surface area contributed by atoms with Gasteiger partial charge in [0.15, 0.2) is 0 Å². The molecule has 0 aliphatic heterocycles. The molecule has 2 rings (SSSR count).